The maximum Gasteiger partial charge on any atom is 0.258 e. The minimum atomic E-state index is 0.120. The summed E-state index contributed by atoms with van der Waals surface area (Å²) in [5.74, 6) is 0.911. The number of rotatable bonds is 1. The highest BCUT2D eigenvalue weighted by Gasteiger charge is 2.34. The molecule has 5 heteroatoms. The molecule has 0 spiro atoms. The number of carbonyl (C=O) groups excluding carboxylic acids is 1. The zero-order chi connectivity index (χ0) is 14.2. The fraction of sp³-hybridized carbons (Fsp3) is 0.562. The molecular weight excluding hydrogens is 266 g/mol. The summed E-state index contributed by atoms with van der Waals surface area (Å²) >= 11 is 0. The summed E-state index contributed by atoms with van der Waals surface area (Å²) in [6.07, 6.45) is 2.44. The lowest BCUT2D eigenvalue weighted by Crippen LogP contribution is -2.54. The largest absolute Gasteiger partial charge is 0.488 e. The lowest BCUT2D eigenvalue weighted by atomic mass is 10.1. The highest BCUT2D eigenvalue weighted by atomic mass is 16.5. The van der Waals surface area contributed by atoms with Crippen molar-refractivity contribution < 1.29 is 9.53 Å². The third-order valence-corrected chi connectivity index (χ3v) is 4.70. The molecule has 0 aliphatic carbocycles. The number of para-hydroxylation sites is 1. The van der Waals surface area contributed by atoms with Gasteiger partial charge in [0.05, 0.1) is 17.3 Å². The highest BCUT2D eigenvalue weighted by Crippen LogP contribution is 2.36. The summed E-state index contributed by atoms with van der Waals surface area (Å²) in [6.45, 7) is 5.14. The lowest BCUT2D eigenvalue weighted by molar-refractivity contribution is 0.0606. The molecule has 21 heavy (non-hydrogen) atoms. The van der Waals surface area contributed by atoms with Crippen LogP contribution in [0.3, 0.4) is 0 Å². The van der Waals surface area contributed by atoms with Gasteiger partial charge in [0.1, 0.15) is 6.61 Å². The molecule has 1 amide bonds. The lowest BCUT2D eigenvalue weighted by Gasteiger charge is -2.33. The molecule has 1 atom stereocenters. The van der Waals surface area contributed by atoms with Gasteiger partial charge in [0, 0.05) is 32.7 Å². The van der Waals surface area contributed by atoms with Crippen LogP contribution in [0.1, 0.15) is 23.2 Å². The van der Waals surface area contributed by atoms with Gasteiger partial charge in [-0.1, -0.05) is 6.07 Å². The van der Waals surface area contributed by atoms with Gasteiger partial charge in [-0.3, -0.25) is 4.79 Å². The summed E-state index contributed by atoms with van der Waals surface area (Å²) in [5.41, 5.74) is 1.81. The summed E-state index contributed by atoms with van der Waals surface area (Å²) < 4.78 is 6.09. The average molecular weight is 287 g/mol. The average Bonchev–Trinajstić information content (AvgIpc) is 3.02. The van der Waals surface area contributed by atoms with E-state index in [0.717, 1.165) is 49.7 Å². The van der Waals surface area contributed by atoms with Crippen LogP contribution in [-0.2, 0) is 0 Å². The molecule has 4 rings (SSSR count). The normalized spacial score (nSPS) is 25.1. The van der Waals surface area contributed by atoms with E-state index >= 15 is 0 Å². The molecule has 0 radical (unpaired) electrons. The minimum absolute atomic E-state index is 0.120. The van der Waals surface area contributed by atoms with Gasteiger partial charge in [0.2, 0.25) is 0 Å². The number of hydrogen-bond donors (Lipinski definition) is 1. The zero-order valence-corrected chi connectivity index (χ0v) is 12.2. The number of carbonyl (C=O) groups is 1. The van der Waals surface area contributed by atoms with Crippen LogP contribution in [0.2, 0.25) is 0 Å². The van der Waals surface area contributed by atoms with Crippen LogP contribution >= 0.6 is 0 Å². The smallest absolute Gasteiger partial charge is 0.258 e. The molecule has 3 aliphatic rings. The van der Waals surface area contributed by atoms with Crippen LogP contribution < -0.4 is 15.0 Å². The van der Waals surface area contributed by atoms with Crippen molar-refractivity contribution in [1.82, 2.24) is 10.2 Å². The first-order valence-electron chi connectivity index (χ1n) is 7.87. The molecule has 5 nitrogen and oxygen atoms in total. The van der Waals surface area contributed by atoms with E-state index in [4.69, 9.17) is 4.74 Å². The fourth-order valence-corrected chi connectivity index (χ4v) is 3.56. The molecule has 3 aliphatic heterocycles. The third-order valence-electron chi connectivity index (χ3n) is 4.70. The van der Waals surface area contributed by atoms with Crippen LogP contribution in [0.25, 0.3) is 0 Å². The van der Waals surface area contributed by atoms with Crippen molar-refractivity contribution in [3.63, 3.8) is 0 Å². The number of hydrogen-bond acceptors (Lipinski definition) is 4. The second kappa shape index (κ2) is 5.22. The summed E-state index contributed by atoms with van der Waals surface area (Å²) in [5, 5.41) is 3.34. The SMILES string of the molecule is O=C1c2cccc(N3CCCC3)c2OCC2CNCCN12. The van der Waals surface area contributed by atoms with Gasteiger partial charge in [-0.25, -0.2) is 0 Å². The van der Waals surface area contributed by atoms with E-state index in [1.54, 1.807) is 0 Å². The zero-order valence-electron chi connectivity index (χ0n) is 12.2. The topological polar surface area (TPSA) is 44.8 Å². The van der Waals surface area contributed by atoms with Crippen molar-refractivity contribution in [2.75, 3.05) is 44.2 Å². The van der Waals surface area contributed by atoms with Gasteiger partial charge in [-0.2, -0.15) is 0 Å². The van der Waals surface area contributed by atoms with E-state index in [1.165, 1.54) is 12.8 Å². The van der Waals surface area contributed by atoms with Gasteiger partial charge < -0.3 is 19.9 Å². The third kappa shape index (κ3) is 2.16. The Bertz CT molecular complexity index is 554. The van der Waals surface area contributed by atoms with Crippen molar-refractivity contribution in [3.05, 3.63) is 23.8 Å². The number of nitrogens with zero attached hydrogens (tertiary/aromatic N) is 2. The summed E-state index contributed by atoms with van der Waals surface area (Å²) in [7, 11) is 0. The second-order valence-electron chi connectivity index (χ2n) is 6.02. The van der Waals surface area contributed by atoms with E-state index in [1.807, 2.05) is 17.0 Å². The molecule has 1 unspecified atom stereocenters. The number of anilines is 1. The number of amides is 1. The summed E-state index contributed by atoms with van der Waals surface area (Å²) in [6, 6.07) is 6.11. The first-order valence-corrected chi connectivity index (χ1v) is 7.87. The Balaban J connectivity index is 1.74. The first-order chi connectivity index (χ1) is 10.3. The maximum absolute atomic E-state index is 12.8. The predicted octanol–water partition coefficient (Wildman–Crippen LogP) is 1.09. The molecule has 1 N–H and O–H groups in total. The standard InChI is InChI=1S/C16H21N3O2/c20-16-13-4-3-5-14(18-7-1-2-8-18)15(13)21-11-12-10-17-6-9-19(12)16/h3-5,12,17H,1-2,6-11H2. The predicted molar refractivity (Wildman–Crippen MR) is 81.1 cm³/mol. The van der Waals surface area contributed by atoms with Crippen LogP contribution in [0.5, 0.6) is 5.75 Å². The van der Waals surface area contributed by atoms with Gasteiger partial charge in [0.25, 0.3) is 5.91 Å². The van der Waals surface area contributed by atoms with Crippen molar-refractivity contribution in [2.24, 2.45) is 0 Å². The molecule has 0 bridgehead atoms. The first kappa shape index (κ1) is 13.0. The van der Waals surface area contributed by atoms with E-state index in [9.17, 15) is 4.79 Å². The molecular formula is C16H21N3O2. The number of piperazine rings is 1. The van der Waals surface area contributed by atoms with E-state index in [-0.39, 0.29) is 11.9 Å². The number of fused-ring (bicyclic) bond motifs is 2. The van der Waals surface area contributed by atoms with E-state index in [2.05, 4.69) is 16.3 Å². The number of benzene rings is 1. The van der Waals surface area contributed by atoms with Gasteiger partial charge in [0.15, 0.2) is 5.75 Å². The molecule has 3 heterocycles. The Morgan fingerprint density at radius 2 is 2.05 bits per heavy atom. The Morgan fingerprint density at radius 1 is 1.19 bits per heavy atom. The monoisotopic (exact) mass is 287 g/mol. The van der Waals surface area contributed by atoms with Crippen molar-refractivity contribution >= 4 is 11.6 Å². The second-order valence-corrected chi connectivity index (χ2v) is 6.02. The highest BCUT2D eigenvalue weighted by molar-refractivity contribution is 5.99. The van der Waals surface area contributed by atoms with Crippen molar-refractivity contribution in [3.8, 4) is 5.75 Å². The van der Waals surface area contributed by atoms with E-state index < -0.39 is 0 Å². The molecule has 1 aromatic rings. The molecule has 112 valence electrons. The minimum Gasteiger partial charge on any atom is -0.488 e. The summed E-state index contributed by atoms with van der Waals surface area (Å²) in [4.78, 5) is 17.1. The van der Waals surface area contributed by atoms with E-state index in [0.29, 0.717) is 6.61 Å². The Labute approximate surface area is 124 Å². The maximum atomic E-state index is 12.8. The molecule has 2 saturated heterocycles. The van der Waals surface area contributed by atoms with Crippen molar-refractivity contribution in [2.45, 2.75) is 18.9 Å². The van der Waals surface area contributed by atoms with Gasteiger partial charge in [-0.15, -0.1) is 0 Å². The van der Waals surface area contributed by atoms with Crippen LogP contribution in [0.4, 0.5) is 5.69 Å². The quantitative estimate of drug-likeness (QED) is 0.840. The van der Waals surface area contributed by atoms with Gasteiger partial charge in [-0.05, 0) is 25.0 Å². The Morgan fingerprint density at radius 3 is 2.90 bits per heavy atom. The number of nitrogens with one attached hydrogen (secondary N) is 1. The molecule has 2 fully saturated rings. The molecule has 0 aromatic heterocycles. The van der Waals surface area contributed by atoms with Crippen LogP contribution in [0.15, 0.2) is 18.2 Å². The van der Waals surface area contributed by atoms with Gasteiger partial charge >= 0.3 is 0 Å². The molecule has 1 aromatic carbocycles. The fourth-order valence-electron chi connectivity index (χ4n) is 3.56. The molecule has 0 saturated carbocycles. The Kier molecular flexibility index (Phi) is 3.22. The van der Waals surface area contributed by atoms with Crippen LogP contribution in [-0.4, -0.2) is 56.2 Å². The van der Waals surface area contributed by atoms with Crippen molar-refractivity contribution in [1.29, 1.82) is 0 Å². The Hall–Kier alpha value is -1.75. The number of ether oxygens (including phenoxy) is 1. The van der Waals surface area contributed by atoms with Crippen LogP contribution in [0, 0.1) is 0 Å².